The molecule has 140 valence electrons. The van der Waals surface area contributed by atoms with Crippen LogP contribution in [0.15, 0.2) is 42.5 Å². The first-order valence-corrected chi connectivity index (χ1v) is 9.76. The minimum absolute atomic E-state index is 0.0544. The molecule has 0 radical (unpaired) electrons. The van der Waals surface area contributed by atoms with Crippen molar-refractivity contribution >= 4 is 16.8 Å². The lowest BCUT2D eigenvalue weighted by Crippen LogP contribution is -2.42. The fourth-order valence-electron chi connectivity index (χ4n) is 4.52. The molecule has 0 saturated heterocycles. The molecule has 1 N–H and O–H groups in total. The summed E-state index contributed by atoms with van der Waals surface area (Å²) in [7, 11) is 0. The standard InChI is InChI=1S/C23H32N2O/c1-16(2)19-10-11-23(4,5)15-20(19)22(26)24-12-13-25-17(3)14-18-8-6-7-9-21(18)25/h6-9,14,19-20H,1,10-13,15H2,2-5H3,(H,24,26). The van der Waals surface area contributed by atoms with E-state index in [1.54, 1.807) is 0 Å². The molecule has 1 aliphatic rings. The number of amides is 1. The lowest BCUT2D eigenvalue weighted by atomic mass is 9.65. The predicted octanol–water partition coefficient (Wildman–Crippen LogP) is 5.08. The Morgan fingerprint density at radius 1 is 1.31 bits per heavy atom. The molecule has 0 aliphatic heterocycles. The number of aromatic nitrogens is 1. The molecule has 1 heterocycles. The Labute approximate surface area is 157 Å². The molecule has 2 atom stereocenters. The second-order valence-corrected chi connectivity index (χ2v) is 8.75. The van der Waals surface area contributed by atoms with Crippen LogP contribution in [0.5, 0.6) is 0 Å². The SMILES string of the molecule is C=C(C)C1CCC(C)(C)CC1C(=O)NCCn1c(C)cc2ccccc21. The van der Waals surface area contributed by atoms with Crippen molar-refractivity contribution in [2.45, 2.75) is 53.5 Å². The molecule has 0 spiro atoms. The van der Waals surface area contributed by atoms with Crippen LogP contribution in [0, 0.1) is 24.2 Å². The zero-order valence-corrected chi connectivity index (χ0v) is 16.6. The van der Waals surface area contributed by atoms with E-state index in [2.05, 4.69) is 74.5 Å². The summed E-state index contributed by atoms with van der Waals surface area (Å²) < 4.78 is 2.29. The summed E-state index contributed by atoms with van der Waals surface area (Å²) >= 11 is 0. The number of fused-ring (bicyclic) bond motifs is 1. The second kappa shape index (κ2) is 7.30. The Morgan fingerprint density at radius 2 is 2.04 bits per heavy atom. The van der Waals surface area contributed by atoms with Gasteiger partial charge in [-0.25, -0.2) is 0 Å². The largest absolute Gasteiger partial charge is 0.354 e. The third-order valence-corrected chi connectivity index (χ3v) is 6.01. The Hall–Kier alpha value is -2.03. The first-order chi connectivity index (χ1) is 12.3. The molecule has 1 fully saturated rings. The number of rotatable bonds is 5. The van der Waals surface area contributed by atoms with E-state index in [0.29, 0.717) is 12.5 Å². The van der Waals surface area contributed by atoms with Crippen LogP contribution in [-0.4, -0.2) is 17.0 Å². The Morgan fingerprint density at radius 3 is 2.77 bits per heavy atom. The number of carbonyl (C=O) groups is 1. The average molecular weight is 353 g/mol. The minimum Gasteiger partial charge on any atom is -0.354 e. The van der Waals surface area contributed by atoms with Crippen molar-refractivity contribution in [2.24, 2.45) is 17.3 Å². The number of allylic oxidation sites excluding steroid dienone is 1. The molecule has 1 saturated carbocycles. The highest BCUT2D eigenvalue weighted by atomic mass is 16.1. The fourth-order valence-corrected chi connectivity index (χ4v) is 4.52. The zero-order valence-electron chi connectivity index (χ0n) is 16.6. The van der Waals surface area contributed by atoms with E-state index in [0.717, 1.165) is 25.0 Å². The number of hydrogen-bond acceptors (Lipinski definition) is 1. The van der Waals surface area contributed by atoms with Crippen molar-refractivity contribution in [1.29, 1.82) is 0 Å². The average Bonchev–Trinajstić information content (AvgIpc) is 2.89. The third kappa shape index (κ3) is 3.87. The van der Waals surface area contributed by atoms with E-state index in [1.807, 2.05) is 0 Å². The van der Waals surface area contributed by atoms with Gasteiger partial charge in [0.05, 0.1) is 0 Å². The maximum absolute atomic E-state index is 12.9. The molecule has 3 rings (SSSR count). The third-order valence-electron chi connectivity index (χ3n) is 6.01. The van der Waals surface area contributed by atoms with Crippen molar-refractivity contribution < 1.29 is 4.79 Å². The maximum atomic E-state index is 12.9. The molecule has 1 aromatic carbocycles. The lowest BCUT2D eigenvalue weighted by Gasteiger charge is -2.40. The van der Waals surface area contributed by atoms with Crippen LogP contribution in [0.2, 0.25) is 0 Å². The van der Waals surface area contributed by atoms with Crippen LogP contribution < -0.4 is 5.32 Å². The fraction of sp³-hybridized carbons (Fsp3) is 0.522. The Bertz CT molecular complexity index is 815. The van der Waals surface area contributed by atoms with E-state index in [4.69, 9.17) is 0 Å². The van der Waals surface area contributed by atoms with E-state index in [9.17, 15) is 4.79 Å². The number of nitrogens with one attached hydrogen (secondary N) is 1. The number of aryl methyl sites for hydroxylation is 1. The van der Waals surface area contributed by atoms with Crippen LogP contribution >= 0.6 is 0 Å². The van der Waals surface area contributed by atoms with Crippen LogP contribution in [0.25, 0.3) is 10.9 Å². The van der Waals surface area contributed by atoms with E-state index in [1.165, 1.54) is 23.0 Å². The van der Waals surface area contributed by atoms with Crippen LogP contribution in [0.4, 0.5) is 0 Å². The number of nitrogens with zero attached hydrogens (tertiary/aromatic N) is 1. The van der Waals surface area contributed by atoms with Crippen molar-refractivity contribution in [3.63, 3.8) is 0 Å². The summed E-state index contributed by atoms with van der Waals surface area (Å²) in [4.78, 5) is 12.9. The highest BCUT2D eigenvalue weighted by molar-refractivity contribution is 5.81. The molecular weight excluding hydrogens is 320 g/mol. The second-order valence-electron chi connectivity index (χ2n) is 8.75. The summed E-state index contributed by atoms with van der Waals surface area (Å²) in [6.07, 6.45) is 3.19. The topological polar surface area (TPSA) is 34.0 Å². The van der Waals surface area contributed by atoms with Crippen LogP contribution in [0.3, 0.4) is 0 Å². The first-order valence-electron chi connectivity index (χ1n) is 9.76. The number of hydrogen-bond donors (Lipinski definition) is 1. The molecule has 1 aromatic heterocycles. The van der Waals surface area contributed by atoms with Crippen LogP contribution in [-0.2, 0) is 11.3 Å². The van der Waals surface area contributed by atoms with Gasteiger partial charge in [0.2, 0.25) is 5.91 Å². The Balaban J connectivity index is 1.65. The van der Waals surface area contributed by atoms with Gasteiger partial charge in [0.1, 0.15) is 0 Å². The highest BCUT2D eigenvalue weighted by Gasteiger charge is 2.38. The van der Waals surface area contributed by atoms with Crippen LogP contribution in [0.1, 0.15) is 45.7 Å². The van der Waals surface area contributed by atoms with Gasteiger partial charge in [0.15, 0.2) is 0 Å². The molecule has 1 amide bonds. The normalized spacial score (nSPS) is 22.3. The molecule has 0 bridgehead atoms. The van der Waals surface area contributed by atoms with Gasteiger partial charge in [-0.1, -0.05) is 44.2 Å². The van der Waals surface area contributed by atoms with Gasteiger partial charge in [-0.2, -0.15) is 0 Å². The van der Waals surface area contributed by atoms with E-state index < -0.39 is 0 Å². The van der Waals surface area contributed by atoms with Gasteiger partial charge in [-0.3, -0.25) is 4.79 Å². The van der Waals surface area contributed by atoms with Crippen molar-refractivity contribution in [3.05, 3.63) is 48.2 Å². The monoisotopic (exact) mass is 352 g/mol. The molecular formula is C23H32N2O. The maximum Gasteiger partial charge on any atom is 0.223 e. The van der Waals surface area contributed by atoms with Crippen molar-refractivity contribution in [3.8, 4) is 0 Å². The first kappa shape index (κ1) is 18.8. The summed E-state index contributed by atoms with van der Waals surface area (Å²) in [5.41, 5.74) is 3.85. The van der Waals surface area contributed by atoms with Gasteiger partial charge in [0.25, 0.3) is 0 Å². The quantitative estimate of drug-likeness (QED) is 0.748. The zero-order chi connectivity index (χ0) is 18.9. The number of carbonyl (C=O) groups excluding carboxylic acids is 1. The summed E-state index contributed by atoms with van der Waals surface area (Å²) in [5.74, 6) is 0.566. The number of para-hydroxylation sites is 1. The van der Waals surface area contributed by atoms with Gasteiger partial charge in [-0.05, 0) is 62.0 Å². The van der Waals surface area contributed by atoms with Crippen molar-refractivity contribution in [2.75, 3.05) is 6.54 Å². The summed E-state index contributed by atoms with van der Waals surface area (Å²) in [6, 6.07) is 10.6. The molecule has 3 nitrogen and oxygen atoms in total. The molecule has 3 heteroatoms. The molecule has 2 unspecified atom stereocenters. The number of benzene rings is 1. The smallest absolute Gasteiger partial charge is 0.223 e. The van der Waals surface area contributed by atoms with E-state index in [-0.39, 0.29) is 17.2 Å². The van der Waals surface area contributed by atoms with E-state index >= 15 is 0 Å². The molecule has 26 heavy (non-hydrogen) atoms. The molecule has 2 aromatic rings. The highest BCUT2D eigenvalue weighted by Crippen LogP contribution is 2.44. The van der Waals surface area contributed by atoms with Gasteiger partial charge in [0, 0.05) is 30.2 Å². The predicted molar refractivity (Wildman–Crippen MR) is 109 cm³/mol. The van der Waals surface area contributed by atoms with Gasteiger partial charge >= 0.3 is 0 Å². The lowest BCUT2D eigenvalue weighted by molar-refractivity contribution is -0.128. The van der Waals surface area contributed by atoms with Gasteiger partial charge in [-0.15, -0.1) is 0 Å². The molecule has 1 aliphatic carbocycles. The van der Waals surface area contributed by atoms with Gasteiger partial charge < -0.3 is 9.88 Å². The summed E-state index contributed by atoms with van der Waals surface area (Å²) in [6.45, 7) is 14.4. The minimum atomic E-state index is 0.0544. The summed E-state index contributed by atoms with van der Waals surface area (Å²) in [5, 5.41) is 4.46. The van der Waals surface area contributed by atoms with Crippen molar-refractivity contribution in [1.82, 2.24) is 9.88 Å². The Kier molecular flexibility index (Phi) is 5.27.